The van der Waals surface area contributed by atoms with Crippen LogP contribution in [0.1, 0.15) is 27.7 Å². The summed E-state index contributed by atoms with van der Waals surface area (Å²) in [7, 11) is 0. The van der Waals surface area contributed by atoms with E-state index in [4.69, 9.17) is 18.8 Å². The minimum Gasteiger partial charge on any atom is -0.436 e. The molecule has 6 aromatic rings. The Balaban J connectivity index is 1.21. The number of oxazole rings is 2. The van der Waals surface area contributed by atoms with Gasteiger partial charge in [-0.2, -0.15) is 0 Å². The zero-order valence-electron chi connectivity index (χ0n) is 23.5. The van der Waals surface area contributed by atoms with Crippen molar-refractivity contribution in [3.63, 3.8) is 0 Å². The first-order valence-corrected chi connectivity index (χ1v) is 14.1. The van der Waals surface area contributed by atoms with Crippen LogP contribution in [-0.2, 0) is 0 Å². The second kappa shape index (κ2) is 10.9. The maximum atomic E-state index is 6.07. The molecule has 0 amide bonds. The Hall–Kier alpha value is -4.58. The largest absolute Gasteiger partial charge is 0.436 e. The van der Waals surface area contributed by atoms with E-state index < -0.39 is 0 Å². The van der Waals surface area contributed by atoms with E-state index in [1.165, 1.54) is 11.4 Å². The van der Waals surface area contributed by atoms with E-state index in [9.17, 15) is 0 Å². The van der Waals surface area contributed by atoms with Gasteiger partial charge in [0.05, 0.1) is 0 Å². The van der Waals surface area contributed by atoms with Gasteiger partial charge in [-0.3, -0.25) is 0 Å². The molecule has 6 nitrogen and oxygen atoms in total. The van der Waals surface area contributed by atoms with E-state index in [1.807, 2.05) is 12.1 Å². The molecule has 4 aromatic carbocycles. The molecule has 202 valence electrons. The molecule has 6 rings (SSSR count). The first kappa shape index (κ1) is 25.7. The summed E-state index contributed by atoms with van der Waals surface area (Å²) in [5.41, 5.74) is 9.84. The standard InChI is InChI=1S/C34H34N4O2/c1-5-37(6-2)27-17-19-31-29(21-27)35-33(39-31)25-13-9-23(10-14-25)24-11-15-26(16-12-24)34-36-30-22-28(38(7-3)8-4)18-20-32(30)40-34/h9-22H,5-8H2,1-4H3. The highest BCUT2D eigenvalue weighted by molar-refractivity contribution is 5.82. The molecule has 0 N–H and O–H groups in total. The average Bonchev–Trinajstić information content (AvgIpc) is 3.63. The fourth-order valence-electron chi connectivity index (χ4n) is 5.26. The van der Waals surface area contributed by atoms with E-state index in [0.29, 0.717) is 11.8 Å². The fourth-order valence-corrected chi connectivity index (χ4v) is 5.26. The lowest BCUT2D eigenvalue weighted by atomic mass is 10.0. The topological polar surface area (TPSA) is 58.5 Å². The van der Waals surface area contributed by atoms with Gasteiger partial charge < -0.3 is 18.6 Å². The maximum Gasteiger partial charge on any atom is 0.227 e. The highest BCUT2D eigenvalue weighted by Crippen LogP contribution is 2.31. The van der Waals surface area contributed by atoms with Gasteiger partial charge in [-0.1, -0.05) is 24.3 Å². The molecule has 0 unspecified atom stereocenters. The van der Waals surface area contributed by atoms with E-state index in [2.05, 4.69) is 110 Å². The zero-order valence-corrected chi connectivity index (χ0v) is 23.5. The van der Waals surface area contributed by atoms with Crippen LogP contribution < -0.4 is 9.80 Å². The van der Waals surface area contributed by atoms with Crippen molar-refractivity contribution in [2.45, 2.75) is 27.7 Å². The summed E-state index contributed by atoms with van der Waals surface area (Å²) in [6.45, 7) is 12.5. The van der Waals surface area contributed by atoms with Gasteiger partial charge in [0.15, 0.2) is 11.2 Å². The normalized spacial score (nSPS) is 11.4. The Kier molecular flexibility index (Phi) is 6.99. The molecule has 0 aliphatic heterocycles. The van der Waals surface area contributed by atoms with E-state index in [0.717, 1.165) is 70.6 Å². The Labute approximate surface area is 234 Å². The first-order chi connectivity index (χ1) is 19.6. The number of nitrogens with zero attached hydrogens (tertiary/aromatic N) is 4. The molecular formula is C34H34N4O2. The summed E-state index contributed by atoms with van der Waals surface area (Å²) in [4.78, 5) is 14.2. The van der Waals surface area contributed by atoms with E-state index >= 15 is 0 Å². The van der Waals surface area contributed by atoms with Gasteiger partial charge in [0.25, 0.3) is 0 Å². The van der Waals surface area contributed by atoms with Crippen LogP contribution in [0, 0.1) is 0 Å². The quantitative estimate of drug-likeness (QED) is 0.186. The second-order valence-corrected chi connectivity index (χ2v) is 9.84. The molecular weight excluding hydrogens is 496 g/mol. The molecule has 0 spiro atoms. The average molecular weight is 531 g/mol. The molecule has 2 aromatic heterocycles. The lowest BCUT2D eigenvalue weighted by Gasteiger charge is -2.20. The van der Waals surface area contributed by atoms with E-state index in [-0.39, 0.29) is 0 Å². The SMILES string of the molecule is CCN(CC)c1ccc2oc(-c3ccc(-c4ccc(-c5nc6cc(N(CC)CC)ccc6o5)cc4)cc3)nc2c1. The maximum absolute atomic E-state index is 6.07. The third-order valence-electron chi connectivity index (χ3n) is 7.60. The van der Waals surface area contributed by atoms with Crippen molar-refractivity contribution in [1.82, 2.24) is 9.97 Å². The van der Waals surface area contributed by atoms with Crippen molar-refractivity contribution in [1.29, 1.82) is 0 Å². The highest BCUT2D eigenvalue weighted by atomic mass is 16.4. The zero-order chi connectivity index (χ0) is 27.6. The van der Waals surface area contributed by atoms with Gasteiger partial charge in [-0.25, -0.2) is 9.97 Å². The van der Waals surface area contributed by atoms with Crippen LogP contribution in [0.25, 0.3) is 56.2 Å². The Morgan fingerprint density at radius 1 is 0.475 bits per heavy atom. The number of anilines is 2. The van der Waals surface area contributed by atoms with Gasteiger partial charge in [0, 0.05) is 48.7 Å². The van der Waals surface area contributed by atoms with Crippen LogP contribution in [-0.4, -0.2) is 36.1 Å². The van der Waals surface area contributed by atoms with Crippen LogP contribution >= 0.6 is 0 Å². The van der Waals surface area contributed by atoms with Gasteiger partial charge >= 0.3 is 0 Å². The van der Waals surface area contributed by atoms with Crippen LogP contribution in [0.4, 0.5) is 11.4 Å². The van der Waals surface area contributed by atoms with Crippen LogP contribution in [0.5, 0.6) is 0 Å². The number of aromatic nitrogens is 2. The molecule has 2 heterocycles. The minimum atomic E-state index is 0.633. The van der Waals surface area contributed by atoms with Gasteiger partial charge in [0.1, 0.15) is 11.0 Å². The predicted octanol–water partition coefficient (Wildman–Crippen LogP) is 8.66. The van der Waals surface area contributed by atoms with E-state index in [1.54, 1.807) is 0 Å². The molecule has 6 heteroatoms. The molecule has 0 radical (unpaired) electrons. The van der Waals surface area contributed by atoms with Crippen molar-refractivity contribution in [2.75, 3.05) is 36.0 Å². The van der Waals surface area contributed by atoms with Crippen molar-refractivity contribution in [3.05, 3.63) is 84.9 Å². The third-order valence-corrected chi connectivity index (χ3v) is 7.60. The summed E-state index contributed by atoms with van der Waals surface area (Å²) in [5.74, 6) is 1.27. The number of hydrogen-bond acceptors (Lipinski definition) is 6. The Morgan fingerprint density at radius 2 is 0.825 bits per heavy atom. The predicted molar refractivity (Wildman–Crippen MR) is 165 cm³/mol. The molecule has 0 saturated heterocycles. The molecule has 0 saturated carbocycles. The number of rotatable bonds is 9. The highest BCUT2D eigenvalue weighted by Gasteiger charge is 2.13. The summed E-state index contributed by atoms with van der Waals surface area (Å²) >= 11 is 0. The minimum absolute atomic E-state index is 0.633. The molecule has 0 fully saturated rings. The van der Waals surface area contributed by atoms with Crippen LogP contribution in [0.2, 0.25) is 0 Å². The monoisotopic (exact) mass is 530 g/mol. The smallest absolute Gasteiger partial charge is 0.227 e. The molecule has 0 bridgehead atoms. The van der Waals surface area contributed by atoms with Crippen molar-refractivity contribution in [2.24, 2.45) is 0 Å². The fraction of sp³-hybridized carbons (Fsp3) is 0.235. The molecule has 0 aliphatic rings. The molecule has 40 heavy (non-hydrogen) atoms. The lowest BCUT2D eigenvalue weighted by molar-refractivity contribution is 0.619. The van der Waals surface area contributed by atoms with Gasteiger partial charge in [0.2, 0.25) is 11.8 Å². The lowest BCUT2D eigenvalue weighted by Crippen LogP contribution is -2.21. The number of hydrogen-bond donors (Lipinski definition) is 0. The van der Waals surface area contributed by atoms with Crippen LogP contribution in [0.3, 0.4) is 0 Å². The van der Waals surface area contributed by atoms with Crippen LogP contribution in [0.15, 0.2) is 93.8 Å². The Bertz CT molecular complexity index is 1610. The Morgan fingerprint density at radius 3 is 1.18 bits per heavy atom. The first-order valence-electron chi connectivity index (χ1n) is 14.1. The number of benzene rings is 4. The molecule has 0 aliphatic carbocycles. The van der Waals surface area contributed by atoms with Crippen molar-refractivity contribution in [3.8, 4) is 34.0 Å². The third kappa shape index (κ3) is 4.81. The number of fused-ring (bicyclic) bond motifs is 2. The molecule has 0 atom stereocenters. The van der Waals surface area contributed by atoms with Gasteiger partial charge in [-0.15, -0.1) is 0 Å². The summed E-state index contributed by atoms with van der Waals surface area (Å²) < 4.78 is 12.1. The second-order valence-electron chi connectivity index (χ2n) is 9.84. The van der Waals surface area contributed by atoms with Gasteiger partial charge in [-0.05, 0) is 99.5 Å². The summed E-state index contributed by atoms with van der Waals surface area (Å²) in [6.07, 6.45) is 0. The summed E-state index contributed by atoms with van der Waals surface area (Å²) in [6, 6.07) is 29.1. The van der Waals surface area contributed by atoms with Crippen molar-refractivity contribution >= 4 is 33.6 Å². The summed E-state index contributed by atoms with van der Waals surface area (Å²) in [5, 5.41) is 0. The van der Waals surface area contributed by atoms with Crippen molar-refractivity contribution < 1.29 is 8.83 Å².